The number of benzene rings is 2. The summed E-state index contributed by atoms with van der Waals surface area (Å²) in [6.45, 7) is 0.723. The highest BCUT2D eigenvalue weighted by Gasteiger charge is 2.40. The quantitative estimate of drug-likeness (QED) is 0.578. The summed E-state index contributed by atoms with van der Waals surface area (Å²) in [5.41, 5.74) is 3.00. The highest BCUT2D eigenvalue weighted by atomic mass is 16.2. The van der Waals surface area contributed by atoms with Crippen molar-refractivity contribution in [2.75, 3.05) is 11.9 Å². The summed E-state index contributed by atoms with van der Waals surface area (Å²) >= 11 is 0. The molecule has 2 aromatic carbocycles. The minimum atomic E-state index is -0.190. The number of carbonyl (C=O) groups is 1. The van der Waals surface area contributed by atoms with E-state index in [9.17, 15) is 4.79 Å². The van der Waals surface area contributed by atoms with Crippen LogP contribution in [-0.4, -0.2) is 29.5 Å². The van der Waals surface area contributed by atoms with Gasteiger partial charge in [0, 0.05) is 29.2 Å². The lowest BCUT2D eigenvalue weighted by Gasteiger charge is -2.23. The standard InChI is InChI=1S/C21H21N5O/c27-21-19-16(11-12-22-21)24-20(26-19)15-8-4-5-13-9-10-17(25-18(13)15)23-14-6-2-1-3-7-14/h1-10,16,19-20,24,26H,11-12H2,(H,22,27)(H,23,25). The maximum Gasteiger partial charge on any atom is 0.238 e. The fraction of sp³-hybridized carbons (Fsp3) is 0.238. The van der Waals surface area contributed by atoms with Gasteiger partial charge in [-0.3, -0.25) is 15.4 Å². The smallest absolute Gasteiger partial charge is 0.238 e. The average molecular weight is 359 g/mol. The molecule has 1 amide bonds. The van der Waals surface area contributed by atoms with Gasteiger partial charge in [0.2, 0.25) is 5.91 Å². The summed E-state index contributed by atoms with van der Waals surface area (Å²) in [5.74, 6) is 0.871. The number of amides is 1. The van der Waals surface area contributed by atoms with Crippen LogP contribution in [0.1, 0.15) is 18.2 Å². The third-order valence-corrected chi connectivity index (χ3v) is 5.28. The van der Waals surface area contributed by atoms with Crippen molar-refractivity contribution in [3.8, 4) is 0 Å². The van der Waals surface area contributed by atoms with E-state index in [1.54, 1.807) is 0 Å². The van der Waals surface area contributed by atoms with Crippen molar-refractivity contribution >= 4 is 28.3 Å². The zero-order chi connectivity index (χ0) is 18.2. The molecule has 0 aliphatic carbocycles. The molecule has 136 valence electrons. The molecule has 6 heteroatoms. The molecule has 0 radical (unpaired) electrons. The molecule has 0 saturated carbocycles. The van der Waals surface area contributed by atoms with Gasteiger partial charge < -0.3 is 10.6 Å². The van der Waals surface area contributed by atoms with Crippen molar-refractivity contribution in [3.05, 3.63) is 66.2 Å². The van der Waals surface area contributed by atoms with Crippen LogP contribution >= 0.6 is 0 Å². The number of aromatic nitrogens is 1. The van der Waals surface area contributed by atoms with Crippen LogP contribution in [0.15, 0.2) is 60.7 Å². The van der Waals surface area contributed by atoms with Crippen molar-refractivity contribution in [1.29, 1.82) is 0 Å². The normalized spacial score (nSPS) is 24.4. The van der Waals surface area contributed by atoms with Crippen LogP contribution in [0.25, 0.3) is 10.9 Å². The van der Waals surface area contributed by atoms with Gasteiger partial charge in [-0.2, -0.15) is 0 Å². The molecule has 2 aliphatic heterocycles. The van der Waals surface area contributed by atoms with Gasteiger partial charge in [-0.1, -0.05) is 36.4 Å². The third-order valence-electron chi connectivity index (χ3n) is 5.28. The van der Waals surface area contributed by atoms with E-state index in [1.165, 1.54) is 0 Å². The molecule has 6 nitrogen and oxygen atoms in total. The van der Waals surface area contributed by atoms with Crippen molar-refractivity contribution in [1.82, 2.24) is 20.9 Å². The van der Waals surface area contributed by atoms with Gasteiger partial charge in [-0.05, 0) is 30.7 Å². The maximum absolute atomic E-state index is 12.1. The number of rotatable bonds is 3. The lowest BCUT2D eigenvalue weighted by atomic mass is 10.0. The molecule has 3 atom stereocenters. The number of para-hydroxylation sites is 2. The SMILES string of the molecule is O=C1NCCC2NC(c3cccc4ccc(Nc5ccccc5)nc34)NC12. The van der Waals surface area contributed by atoms with Gasteiger partial charge in [0.25, 0.3) is 0 Å². The zero-order valence-corrected chi connectivity index (χ0v) is 14.8. The van der Waals surface area contributed by atoms with Crippen molar-refractivity contribution in [3.63, 3.8) is 0 Å². The molecule has 27 heavy (non-hydrogen) atoms. The van der Waals surface area contributed by atoms with E-state index < -0.39 is 0 Å². The van der Waals surface area contributed by atoms with Crippen molar-refractivity contribution in [2.45, 2.75) is 24.7 Å². The van der Waals surface area contributed by atoms with E-state index in [-0.39, 0.29) is 24.2 Å². The first-order valence-corrected chi connectivity index (χ1v) is 9.29. The number of hydrogen-bond donors (Lipinski definition) is 4. The summed E-state index contributed by atoms with van der Waals surface area (Å²) in [5, 5.41) is 14.4. The fourth-order valence-electron chi connectivity index (χ4n) is 3.94. The second kappa shape index (κ2) is 6.64. The fourth-order valence-corrected chi connectivity index (χ4v) is 3.94. The number of nitrogens with zero attached hydrogens (tertiary/aromatic N) is 1. The minimum Gasteiger partial charge on any atom is -0.355 e. The lowest BCUT2D eigenvalue weighted by Crippen LogP contribution is -2.52. The van der Waals surface area contributed by atoms with E-state index in [0.717, 1.165) is 40.9 Å². The largest absolute Gasteiger partial charge is 0.355 e. The molecular formula is C21H21N5O. The summed E-state index contributed by atoms with van der Waals surface area (Å²) in [4.78, 5) is 17.0. The molecule has 0 spiro atoms. The van der Waals surface area contributed by atoms with Crippen LogP contribution in [0.5, 0.6) is 0 Å². The number of fused-ring (bicyclic) bond motifs is 2. The highest BCUT2D eigenvalue weighted by Crippen LogP contribution is 2.28. The molecule has 3 aromatic rings. The summed E-state index contributed by atoms with van der Waals surface area (Å²) in [6.07, 6.45) is 0.839. The number of nitrogens with one attached hydrogen (secondary N) is 4. The first kappa shape index (κ1) is 16.2. The molecule has 0 bridgehead atoms. The second-order valence-electron chi connectivity index (χ2n) is 7.04. The Balaban J connectivity index is 1.49. The van der Waals surface area contributed by atoms with Crippen LogP contribution in [0, 0.1) is 0 Å². The van der Waals surface area contributed by atoms with Crippen LogP contribution in [0.3, 0.4) is 0 Å². The van der Waals surface area contributed by atoms with E-state index >= 15 is 0 Å². The molecule has 4 N–H and O–H groups in total. The minimum absolute atomic E-state index is 0.0703. The van der Waals surface area contributed by atoms with Crippen molar-refractivity contribution in [2.24, 2.45) is 0 Å². The van der Waals surface area contributed by atoms with Gasteiger partial charge in [-0.15, -0.1) is 0 Å². The third kappa shape index (κ3) is 3.03. The Labute approximate surface area is 157 Å². The van der Waals surface area contributed by atoms with E-state index in [1.807, 2.05) is 42.5 Å². The van der Waals surface area contributed by atoms with Gasteiger partial charge in [0.05, 0.1) is 11.7 Å². The van der Waals surface area contributed by atoms with Crippen LogP contribution in [0.4, 0.5) is 11.5 Å². The predicted octanol–water partition coefficient (Wildman–Crippen LogP) is 2.43. The monoisotopic (exact) mass is 359 g/mol. The number of carbonyl (C=O) groups excluding carboxylic acids is 1. The molecule has 2 saturated heterocycles. The molecule has 5 rings (SSSR count). The van der Waals surface area contributed by atoms with Gasteiger partial charge in [0.1, 0.15) is 11.9 Å². The molecule has 3 heterocycles. The Morgan fingerprint density at radius 3 is 2.70 bits per heavy atom. The van der Waals surface area contributed by atoms with E-state index in [2.05, 4.69) is 39.5 Å². The van der Waals surface area contributed by atoms with Gasteiger partial charge in [0.15, 0.2) is 0 Å². The molecule has 2 fully saturated rings. The summed E-state index contributed by atoms with van der Waals surface area (Å²) in [6, 6.07) is 20.2. The highest BCUT2D eigenvalue weighted by molar-refractivity contribution is 5.86. The lowest BCUT2D eigenvalue weighted by molar-refractivity contribution is -0.124. The number of pyridine rings is 1. The van der Waals surface area contributed by atoms with Crippen LogP contribution in [0.2, 0.25) is 0 Å². The Hall–Kier alpha value is -2.96. The van der Waals surface area contributed by atoms with E-state index in [4.69, 9.17) is 4.98 Å². The molecule has 1 aromatic heterocycles. The first-order valence-electron chi connectivity index (χ1n) is 9.29. The first-order chi connectivity index (χ1) is 13.3. The second-order valence-corrected chi connectivity index (χ2v) is 7.04. The Bertz CT molecular complexity index is 990. The zero-order valence-electron chi connectivity index (χ0n) is 14.8. The number of hydrogen-bond acceptors (Lipinski definition) is 5. The number of piperidine rings is 1. The van der Waals surface area contributed by atoms with Gasteiger partial charge in [-0.25, -0.2) is 4.98 Å². The van der Waals surface area contributed by atoms with Crippen LogP contribution in [-0.2, 0) is 4.79 Å². The molecular weight excluding hydrogens is 338 g/mol. The van der Waals surface area contributed by atoms with Crippen molar-refractivity contribution < 1.29 is 4.79 Å². The average Bonchev–Trinajstić information content (AvgIpc) is 3.14. The topological polar surface area (TPSA) is 78.1 Å². The molecule has 2 aliphatic rings. The Kier molecular flexibility index (Phi) is 3.99. The number of anilines is 2. The Morgan fingerprint density at radius 2 is 1.85 bits per heavy atom. The van der Waals surface area contributed by atoms with Crippen LogP contribution < -0.4 is 21.3 Å². The maximum atomic E-state index is 12.1. The summed E-state index contributed by atoms with van der Waals surface area (Å²) in [7, 11) is 0. The Morgan fingerprint density at radius 1 is 0.963 bits per heavy atom. The van der Waals surface area contributed by atoms with Gasteiger partial charge >= 0.3 is 0 Å². The summed E-state index contributed by atoms with van der Waals surface area (Å²) < 4.78 is 0. The molecule has 3 unspecified atom stereocenters. The van der Waals surface area contributed by atoms with E-state index in [0.29, 0.717) is 0 Å². The predicted molar refractivity (Wildman–Crippen MR) is 106 cm³/mol.